The molecule has 1 aromatic heterocycles. The van der Waals surface area contributed by atoms with Gasteiger partial charge < -0.3 is 4.74 Å². The van der Waals surface area contributed by atoms with E-state index < -0.39 is 18.7 Å². The Hall–Kier alpha value is -2.10. The second-order valence-electron chi connectivity index (χ2n) is 7.46. The Morgan fingerprint density at radius 3 is 2.52 bits per heavy atom. The molecule has 136 valence electrons. The zero-order valence-corrected chi connectivity index (χ0v) is 14.5. The lowest BCUT2D eigenvalue weighted by molar-refractivity contribution is -0.153. The van der Waals surface area contributed by atoms with Gasteiger partial charge in [0.25, 0.3) is 0 Å². The molecule has 1 unspecified atom stereocenters. The quantitative estimate of drug-likeness (QED) is 0.697. The highest BCUT2D eigenvalue weighted by molar-refractivity contribution is 5.95. The fourth-order valence-electron chi connectivity index (χ4n) is 2.42. The number of ketones is 1. The Bertz CT molecular complexity index is 683. The highest BCUT2D eigenvalue weighted by Crippen LogP contribution is 2.44. The van der Waals surface area contributed by atoms with Gasteiger partial charge >= 0.3 is 6.18 Å². The lowest BCUT2D eigenvalue weighted by Crippen LogP contribution is -2.23. The van der Waals surface area contributed by atoms with Crippen molar-refractivity contribution in [2.75, 3.05) is 6.61 Å². The summed E-state index contributed by atoms with van der Waals surface area (Å²) in [5, 5.41) is 9.24. The summed E-state index contributed by atoms with van der Waals surface area (Å²) in [5.41, 5.74) is 0.257. The lowest BCUT2D eigenvalue weighted by atomic mass is 9.78. The standard InChI is InChI=1S/C18H21F3N2O2/c1-17(2,3)12(8-22)6-15(24)14-7-16(25-10-18(19,20)21)13(9-23-14)11-4-5-11/h7,9,11-12H,4-6,10H2,1-3H3. The van der Waals surface area contributed by atoms with E-state index in [1.165, 1.54) is 12.3 Å². The van der Waals surface area contributed by atoms with Gasteiger partial charge in [-0.05, 0) is 24.2 Å². The third-order valence-electron chi connectivity index (χ3n) is 4.18. The third kappa shape index (κ3) is 5.45. The number of nitrogens with zero attached hydrogens (tertiary/aromatic N) is 2. The number of carbonyl (C=O) groups is 1. The van der Waals surface area contributed by atoms with Gasteiger partial charge in [-0.2, -0.15) is 18.4 Å². The number of halogens is 3. The van der Waals surface area contributed by atoms with Gasteiger partial charge in [0, 0.05) is 24.2 Å². The van der Waals surface area contributed by atoms with Crippen molar-refractivity contribution in [3.05, 3.63) is 23.5 Å². The van der Waals surface area contributed by atoms with E-state index in [0.29, 0.717) is 5.56 Å². The van der Waals surface area contributed by atoms with E-state index in [-0.39, 0.29) is 35.0 Å². The number of rotatable bonds is 6. The first-order valence-corrected chi connectivity index (χ1v) is 8.13. The maximum atomic E-state index is 12.5. The van der Waals surface area contributed by atoms with Crippen molar-refractivity contribution in [1.29, 1.82) is 5.26 Å². The van der Waals surface area contributed by atoms with Crippen LogP contribution < -0.4 is 4.74 Å². The Kier molecular flexibility index (Phi) is 5.40. The summed E-state index contributed by atoms with van der Waals surface area (Å²) >= 11 is 0. The molecule has 1 atom stereocenters. The van der Waals surface area contributed by atoms with E-state index >= 15 is 0 Å². The summed E-state index contributed by atoms with van der Waals surface area (Å²) in [6, 6.07) is 3.39. The topological polar surface area (TPSA) is 63.0 Å². The van der Waals surface area contributed by atoms with Crippen molar-refractivity contribution < 1.29 is 22.7 Å². The van der Waals surface area contributed by atoms with E-state index in [2.05, 4.69) is 11.1 Å². The monoisotopic (exact) mass is 354 g/mol. The van der Waals surface area contributed by atoms with E-state index in [1.54, 1.807) is 0 Å². The Morgan fingerprint density at radius 1 is 1.40 bits per heavy atom. The van der Waals surface area contributed by atoms with Gasteiger partial charge in [-0.25, -0.2) is 0 Å². The average Bonchev–Trinajstić information content (AvgIpc) is 3.32. The number of aromatic nitrogens is 1. The normalized spacial score (nSPS) is 16.2. The summed E-state index contributed by atoms with van der Waals surface area (Å²) in [7, 11) is 0. The van der Waals surface area contributed by atoms with Crippen molar-refractivity contribution in [2.45, 2.75) is 52.1 Å². The molecule has 1 heterocycles. The van der Waals surface area contributed by atoms with E-state index in [0.717, 1.165) is 12.8 Å². The SMILES string of the molecule is CC(C)(C)C(C#N)CC(=O)c1cc(OCC(F)(F)F)c(C2CC2)cn1. The van der Waals surface area contributed by atoms with Crippen LogP contribution in [0.2, 0.25) is 0 Å². The molecule has 4 nitrogen and oxygen atoms in total. The molecule has 0 aromatic carbocycles. The minimum Gasteiger partial charge on any atom is -0.484 e. The van der Waals surface area contributed by atoms with Crippen molar-refractivity contribution in [3.63, 3.8) is 0 Å². The number of nitriles is 1. The van der Waals surface area contributed by atoms with Gasteiger partial charge in [-0.3, -0.25) is 9.78 Å². The van der Waals surface area contributed by atoms with Crippen LogP contribution in [-0.2, 0) is 0 Å². The second-order valence-corrected chi connectivity index (χ2v) is 7.46. The molecule has 0 saturated heterocycles. The van der Waals surface area contributed by atoms with Crippen LogP contribution in [0.3, 0.4) is 0 Å². The molecular formula is C18H21F3N2O2. The van der Waals surface area contributed by atoms with Crippen LogP contribution in [0.15, 0.2) is 12.3 Å². The molecule has 0 N–H and O–H groups in total. The van der Waals surface area contributed by atoms with E-state index in [4.69, 9.17) is 4.74 Å². The largest absolute Gasteiger partial charge is 0.484 e. The van der Waals surface area contributed by atoms with E-state index in [9.17, 15) is 23.2 Å². The predicted molar refractivity (Wildman–Crippen MR) is 85.3 cm³/mol. The third-order valence-corrected chi connectivity index (χ3v) is 4.18. The highest BCUT2D eigenvalue weighted by Gasteiger charge is 2.33. The van der Waals surface area contributed by atoms with Crippen LogP contribution in [0.25, 0.3) is 0 Å². The molecule has 0 spiro atoms. The number of carbonyl (C=O) groups excluding carboxylic acids is 1. The molecular weight excluding hydrogens is 333 g/mol. The smallest absolute Gasteiger partial charge is 0.422 e. The van der Waals surface area contributed by atoms with Gasteiger partial charge in [-0.1, -0.05) is 20.8 Å². The number of ether oxygens (including phenoxy) is 1. The molecule has 2 rings (SSSR count). The number of alkyl halides is 3. The molecule has 1 aromatic rings. The number of hydrogen-bond acceptors (Lipinski definition) is 4. The van der Waals surface area contributed by atoms with Gasteiger partial charge in [0.2, 0.25) is 0 Å². The molecule has 0 aliphatic heterocycles. The molecule has 0 amide bonds. The summed E-state index contributed by atoms with van der Waals surface area (Å²) in [6.45, 7) is 4.16. The molecule has 25 heavy (non-hydrogen) atoms. The first-order chi connectivity index (χ1) is 11.5. The van der Waals surface area contributed by atoms with Crippen molar-refractivity contribution in [3.8, 4) is 11.8 Å². The first-order valence-electron chi connectivity index (χ1n) is 8.13. The Balaban J connectivity index is 2.21. The van der Waals surface area contributed by atoms with Crippen LogP contribution in [-0.4, -0.2) is 23.6 Å². The van der Waals surface area contributed by atoms with Crippen molar-refractivity contribution in [1.82, 2.24) is 4.98 Å². The molecule has 0 radical (unpaired) electrons. The van der Waals surface area contributed by atoms with Crippen molar-refractivity contribution >= 4 is 5.78 Å². The Labute approximate surface area is 145 Å². The van der Waals surface area contributed by atoms with Crippen LogP contribution in [0, 0.1) is 22.7 Å². The fourth-order valence-corrected chi connectivity index (χ4v) is 2.42. The van der Waals surface area contributed by atoms with E-state index in [1.807, 2.05) is 20.8 Å². The fraction of sp³-hybridized carbons (Fsp3) is 0.611. The summed E-state index contributed by atoms with van der Waals surface area (Å²) in [6.07, 6.45) is -1.31. The lowest BCUT2D eigenvalue weighted by Gasteiger charge is -2.24. The van der Waals surface area contributed by atoms with Crippen LogP contribution in [0.5, 0.6) is 5.75 Å². The van der Waals surface area contributed by atoms with Crippen molar-refractivity contribution in [2.24, 2.45) is 11.3 Å². The molecule has 1 fully saturated rings. The number of hydrogen-bond donors (Lipinski definition) is 0. The summed E-state index contributed by atoms with van der Waals surface area (Å²) < 4.78 is 42.3. The van der Waals surface area contributed by atoms with Crippen LogP contribution in [0.1, 0.15) is 62.0 Å². The molecule has 0 bridgehead atoms. The van der Waals surface area contributed by atoms with Crippen LogP contribution >= 0.6 is 0 Å². The molecule has 1 saturated carbocycles. The van der Waals surface area contributed by atoms with Gasteiger partial charge in [-0.15, -0.1) is 0 Å². The summed E-state index contributed by atoms with van der Waals surface area (Å²) in [4.78, 5) is 16.5. The molecule has 1 aliphatic carbocycles. The maximum absolute atomic E-state index is 12.5. The first kappa shape index (κ1) is 19.2. The molecule has 1 aliphatic rings. The predicted octanol–water partition coefficient (Wildman–Crippen LogP) is 4.66. The summed E-state index contributed by atoms with van der Waals surface area (Å²) in [5.74, 6) is -0.686. The zero-order chi connectivity index (χ0) is 18.8. The minimum absolute atomic E-state index is 0.0332. The second kappa shape index (κ2) is 7.03. The average molecular weight is 354 g/mol. The minimum atomic E-state index is -4.45. The zero-order valence-electron chi connectivity index (χ0n) is 14.5. The highest BCUT2D eigenvalue weighted by atomic mass is 19.4. The van der Waals surface area contributed by atoms with Gasteiger partial charge in [0.15, 0.2) is 12.4 Å². The van der Waals surface area contributed by atoms with Gasteiger partial charge in [0.05, 0.1) is 12.0 Å². The molecule has 7 heteroatoms. The number of pyridine rings is 1. The van der Waals surface area contributed by atoms with Gasteiger partial charge in [0.1, 0.15) is 11.4 Å². The number of Topliss-reactive ketones (excluding diaryl/α,β-unsaturated/α-hetero) is 1. The Morgan fingerprint density at radius 2 is 2.04 bits per heavy atom. The van der Waals surface area contributed by atoms with Crippen LogP contribution in [0.4, 0.5) is 13.2 Å². The maximum Gasteiger partial charge on any atom is 0.422 e.